The van der Waals surface area contributed by atoms with E-state index in [1.807, 2.05) is 18.4 Å². The SMILES string of the molecule is CSc1ccc(C(=O)NNC(=O)c2ccc(Br)s2)cc1. The van der Waals surface area contributed by atoms with Crippen LogP contribution >= 0.6 is 39.0 Å². The lowest BCUT2D eigenvalue weighted by molar-refractivity contribution is 0.0849. The Labute approximate surface area is 133 Å². The lowest BCUT2D eigenvalue weighted by atomic mass is 10.2. The summed E-state index contributed by atoms with van der Waals surface area (Å²) < 4.78 is 0.863. The fourth-order valence-corrected chi connectivity index (χ4v) is 3.12. The Bertz CT molecular complexity index is 626. The molecular weight excluding hydrogens is 360 g/mol. The van der Waals surface area contributed by atoms with Crippen LogP contribution in [0.1, 0.15) is 20.0 Å². The summed E-state index contributed by atoms with van der Waals surface area (Å²) in [5.41, 5.74) is 5.27. The van der Waals surface area contributed by atoms with E-state index >= 15 is 0 Å². The van der Waals surface area contributed by atoms with Crippen LogP contribution in [-0.2, 0) is 0 Å². The van der Waals surface area contributed by atoms with Crippen molar-refractivity contribution in [2.24, 2.45) is 0 Å². The average molecular weight is 371 g/mol. The van der Waals surface area contributed by atoms with E-state index in [0.717, 1.165) is 8.68 Å². The summed E-state index contributed by atoms with van der Waals surface area (Å²) in [6.07, 6.45) is 1.97. The number of thiophene rings is 1. The maximum atomic E-state index is 11.8. The Morgan fingerprint density at radius 3 is 2.25 bits per heavy atom. The monoisotopic (exact) mass is 370 g/mol. The van der Waals surface area contributed by atoms with Gasteiger partial charge in [-0.05, 0) is 58.6 Å². The summed E-state index contributed by atoms with van der Waals surface area (Å²) in [6, 6.07) is 10.6. The van der Waals surface area contributed by atoms with Gasteiger partial charge in [-0.2, -0.15) is 0 Å². The molecule has 2 N–H and O–H groups in total. The van der Waals surface area contributed by atoms with Gasteiger partial charge in [0.15, 0.2) is 0 Å². The van der Waals surface area contributed by atoms with Crippen LogP contribution in [-0.4, -0.2) is 18.1 Å². The number of thioether (sulfide) groups is 1. The van der Waals surface area contributed by atoms with Gasteiger partial charge in [0.1, 0.15) is 0 Å². The molecule has 4 nitrogen and oxygen atoms in total. The lowest BCUT2D eigenvalue weighted by Crippen LogP contribution is -2.41. The smallest absolute Gasteiger partial charge is 0.267 e. The minimum Gasteiger partial charge on any atom is -0.267 e. The maximum Gasteiger partial charge on any atom is 0.279 e. The first kappa shape index (κ1) is 15.1. The summed E-state index contributed by atoms with van der Waals surface area (Å²) in [5, 5.41) is 0. The number of halogens is 1. The van der Waals surface area contributed by atoms with Gasteiger partial charge in [0, 0.05) is 10.5 Å². The van der Waals surface area contributed by atoms with Gasteiger partial charge in [-0.1, -0.05) is 0 Å². The van der Waals surface area contributed by atoms with Crippen molar-refractivity contribution in [2.45, 2.75) is 4.90 Å². The highest BCUT2D eigenvalue weighted by atomic mass is 79.9. The van der Waals surface area contributed by atoms with Crippen LogP contribution in [0.5, 0.6) is 0 Å². The zero-order chi connectivity index (χ0) is 14.5. The summed E-state index contributed by atoms with van der Waals surface area (Å²) in [4.78, 5) is 25.2. The number of hydrogen-bond donors (Lipinski definition) is 2. The highest BCUT2D eigenvalue weighted by molar-refractivity contribution is 9.11. The number of hydrogen-bond acceptors (Lipinski definition) is 4. The van der Waals surface area contributed by atoms with Gasteiger partial charge in [-0.25, -0.2) is 0 Å². The number of rotatable bonds is 3. The second kappa shape index (κ2) is 6.92. The minimum atomic E-state index is -0.346. The molecule has 0 saturated carbocycles. The highest BCUT2D eigenvalue weighted by Crippen LogP contribution is 2.21. The first-order valence-corrected chi connectivity index (χ1v) is 8.43. The summed E-state index contributed by atoms with van der Waals surface area (Å²) in [5.74, 6) is -0.684. The number of amides is 2. The molecule has 0 unspecified atom stereocenters. The molecule has 104 valence electrons. The Morgan fingerprint density at radius 2 is 1.70 bits per heavy atom. The third-order valence-electron chi connectivity index (χ3n) is 2.44. The minimum absolute atomic E-state index is 0.338. The van der Waals surface area contributed by atoms with Crippen LogP contribution in [0.25, 0.3) is 0 Å². The van der Waals surface area contributed by atoms with E-state index in [2.05, 4.69) is 26.8 Å². The van der Waals surface area contributed by atoms with Crippen LogP contribution in [0.4, 0.5) is 0 Å². The van der Waals surface area contributed by atoms with Gasteiger partial charge < -0.3 is 0 Å². The summed E-state index contributed by atoms with van der Waals surface area (Å²) in [6.45, 7) is 0. The molecule has 0 aliphatic heterocycles. The molecule has 2 amide bonds. The van der Waals surface area contributed by atoms with Gasteiger partial charge in [0.2, 0.25) is 0 Å². The first-order valence-electron chi connectivity index (χ1n) is 5.60. The number of carbonyl (C=O) groups excluding carboxylic acids is 2. The molecule has 20 heavy (non-hydrogen) atoms. The zero-order valence-corrected chi connectivity index (χ0v) is 13.7. The van der Waals surface area contributed by atoms with Gasteiger partial charge >= 0.3 is 0 Å². The van der Waals surface area contributed by atoms with E-state index in [9.17, 15) is 9.59 Å². The van der Waals surface area contributed by atoms with E-state index in [-0.39, 0.29) is 11.8 Å². The molecule has 0 saturated heterocycles. The van der Waals surface area contributed by atoms with Crippen LogP contribution < -0.4 is 10.9 Å². The number of carbonyl (C=O) groups is 2. The van der Waals surface area contributed by atoms with Crippen molar-refractivity contribution in [1.82, 2.24) is 10.9 Å². The predicted molar refractivity (Wildman–Crippen MR) is 85.2 cm³/mol. The molecule has 1 heterocycles. The van der Waals surface area contributed by atoms with E-state index < -0.39 is 0 Å². The van der Waals surface area contributed by atoms with Crippen molar-refractivity contribution in [1.29, 1.82) is 0 Å². The zero-order valence-electron chi connectivity index (χ0n) is 10.5. The topological polar surface area (TPSA) is 58.2 Å². The van der Waals surface area contributed by atoms with E-state index in [0.29, 0.717) is 10.4 Å². The molecule has 0 aliphatic rings. The van der Waals surface area contributed by atoms with Crippen molar-refractivity contribution in [3.8, 4) is 0 Å². The fraction of sp³-hybridized carbons (Fsp3) is 0.0769. The van der Waals surface area contributed by atoms with Gasteiger partial charge in [-0.15, -0.1) is 23.1 Å². The lowest BCUT2D eigenvalue weighted by Gasteiger charge is -2.06. The van der Waals surface area contributed by atoms with Crippen LogP contribution in [0.15, 0.2) is 45.1 Å². The largest absolute Gasteiger partial charge is 0.279 e. The molecule has 2 aromatic rings. The van der Waals surface area contributed by atoms with E-state index in [4.69, 9.17) is 0 Å². The third-order valence-corrected chi connectivity index (χ3v) is 4.80. The molecular formula is C13H11BrN2O2S2. The van der Waals surface area contributed by atoms with Crippen molar-refractivity contribution < 1.29 is 9.59 Å². The molecule has 7 heteroatoms. The maximum absolute atomic E-state index is 11.8. The summed E-state index contributed by atoms with van der Waals surface area (Å²) >= 11 is 6.18. The van der Waals surface area contributed by atoms with Gasteiger partial charge in [-0.3, -0.25) is 20.4 Å². The second-order valence-corrected chi connectivity index (χ2v) is 7.08. The van der Waals surface area contributed by atoms with Crippen molar-refractivity contribution in [2.75, 3.05) is 6.26 Å². The van der Waals surface area contributed by atoms with Crippen LogP contribution in [0, 0.1) is 0 Å². The Morgan fingerprint density at radius 1 is 1.05 bits per heavy atom. The van der Waals surface area contributed by atoms with Gasteiger partial charge in [0.05, 0.1) is 8.66 Å². The molecule has 0 radical (unpaired) electrons. The molecule has 0 spiro atoms. The predicted octanol–water partition coefficient (Wildman–Crippen LogP) is 3.31. The van der Waals surface area contributed by atoms with Crippen molar-refractivity contribution in [3.05, 3.63) is 50.6 Å². The molecule has 0 bridgehead atoms. The summed E-state index contributed by atoms with van der Waals surface area (Å²) in [7, 11) is 0. The normalized spacial score (nSPS) is 10.1. The van der Waals surface area contributed by atoms with Crippen molar-refractivity contribution in [3.63, 3.8) is 0 Å². The van der Waals surface area contributed by atoms with Crippen molar-refractivity contribution >= 4 is 50.8 Å². The van der Waals surface area contributed by atoms with Gasteiger partial charge in [0.25, 0.3) is 11.8 Å². The molecule has 2 rings (SSSR count). The highest BCUT2D eigenvalue weighted by Gasteiger charge is 2.10. The molecule has 1 aromatic heterocycles. The Balaban J connectivity index is 1.92. The first-order chi connectivity index (χ1) is 9.60. The molecule has 0 aliphatic carbocycles. The number of nitrogens with one attached hydrogen (secondary N) is 2. The Hall–Kier alpha value is -1.31. The number of benzene rings is 1. The molecule has 0 atom stereocenters. The molecule has 1 aromatic carbocycles. The van der Waals surface area contributed by atoms with Crippen LogP contribution in [0.2, 0.25) is 0 Å². The van der Waals surface area contributed by atoms with E-state index in [1.165, 1.54) is 11.3 Å². The quantitative estimate of drug-likeness (QED) is 0.643. The number of hydrazine groups is 1. The van der Waals surface area contributed by atoms with Crippen LogP contribution in [0.3, 0.4) is 0 Å². The third kappa shape index (κ3) is 3.84. The Kier molecular flexibility index (Phi) is 5.22. The second-order valence-electron chi connectivity index (χ2n) is 3.74. The standard InChI is InChI=1S/C13H11BrN2O2S2/c1-19-9-4-2-8(3-5-9)12(17)15-16-13(18)10-6-7-11(14)20-10/h2-7H,1H3,(H,15,17)(H,16,18). The molecule has 0 fully saturated rings. The average Bonchev–Trinajstić information content (AvgIpc) is 2.91. The van der Waals surface area contributed by atoms with E-state index in [1.54, 1.807) is 36.0 Å². The fourth-order valence-electron chi connectivity index (χ4n) is 1.43.